The number of nitrogens with one attached hydrogen (secondary N) is 1. The fourth-order valence-corrected chi connectivity index (χ4v) is 6.33. The molecule has 0 aliphatic carbocycles. The number of rotatable bonds is 8. The Morgan fingerprint density at radius 1 is 1.17 bits per heavy atom. The van der Waals surface area contributed by atoms with E-state index in [0.717, 1.165) is 10.6 Å². The summed E-state index contributed by atoms with van der Waals surface area (Å²) in [7, 11) is -3.58. The molecule has 1 aliphatic heterocycles. The molecule has 1 fully saturated rings. The van der Waals surface area contributed by atoms with E-state index in [1.165, 1.54) is 10.4 Å². The highest BCUT2D eigenvalue weighted by Crippen LogP contribution is 2.26. The Bertz CT molecular complexity index is 971. The van der Waals surface area contributed by atoms with E-state index in [9.17, 15) is 13.2 Å². The zero-order valence-corrected chi connectivity index (χ0v) is 19.5. The van der Waals surface area contributed by atoms with E-state index in [4.69, 9.17) is 23.2 Å². The van der Waals surface area contributed by atoms with Crippen LogP contribution in [0.3, 0.4) is 0 Å². The standard InChI is InChI=1S/C21H24Cl2N2O3S2/c22-18-9-8-17(20(23)13-18)15-30(27,28)25-11-4-5-16(14-25)21(26)24-10-12-29-19-6-2-1-3-7-19/h1-3,6-9,13,16H,4-5,10-12,14-15H2,(H,24,26)/t16-/m0/s1. The van der Waals surface area contributed by atoms with Crippen LogP contribution in [0.15, 0.2) is 53.4 Å². The molecule has 2 aromatic carbocycles. The minimum atomic E-state index is -3.58. The predicted molar refractivity (Wildman–Crippen MR) is 124 cm³/mol. The van der Waals surface area contributed by atoms with Gasteiger partial charge in [0.05, 0.1) is 11.7 Å². The van der Waals surface area contributed by atoms with Crippen LogP contribution in [-0.2, 0) is 20.6 Å². The van der Waals surface area contributed by atoms with Crippen LogP contribution in [-0.4, -0.2) is 44.0 Å². The maximum Gasteiger partial charge on any atom is 0.224 e. The number of piperidine rings is 1. The van der Waals surface area contributed by atoms with Crippen LogP contribution >= 0.6 is 35.0 Å². The first-order valence-electron chi connectivity index (χ1n) is 9.72. The van der Waals surface area contributed by atoms with Crippen LogP contribution in [0.1, 0.15) is 18.4 Å². The number of thioether (sulfide) groups is 1. The van der Waals surface area contributed by atoms with Gasteiger partial charge in [-0.15, -0.1) is 11.8 Å². The molecule has 1 atom stereocenters. The monoisotopic (exact) mass is 486 g/mol. The second kappa shape index (κ2) is 10.9. The van der Waals surface area contributed by atoms with E-state index >= 15 is 0 Å². The predicted octanol–water partition coefficient (Wildman–Crippen LogP) is 4.44. The summed E-state index contributed by atoms with van der Waals surface area (Å²) in [6, 6.07) is 14.8. The van der Waals surface area contributed by atoms with Gasteiger partial charge in [0.15, 0.2) is 0 Å². The van der Waals surface area contributed by atoms with Crippen molar-refractivity contribution in [3.8, 4) is 0 Å². The Kier molecular flexibility index (Phi) is 8.48. The highest BCUT2D eigenvalue weighted by atomic mass is 35.5. The van der Waals surface area contributed by atoms with Crippen LogP contribution in [0.4, 0.5) is 0 Å². The normalized spacial score (nSPS) is 17.6. The zero-order valence-electron chi connectivity index (χ0n) is 16.4. The number of benzene rings is 2. The molecule has 9 heteroatoms. The lowest BCUT2D eigenvalue weighted by Gasteiger charge is -2.31. The molecule has 1 amide bonds. The number of halogens is 2. The van der Waals surface area contributed by atoms with Crippen LogP contribution in [0.25, 0.3) is 0 Å². The van der Waals surface area contributed by atoms with Gasteiger partial charge >= 0.3 is 0 Å². The summed E-state index contributed by atoms with van der Waals surface area (Å²) in [5, 5.41) is 3.73. The lowest BCUT2D eigenvalue weighted by molar-refractivity contribution is -0.125. The molecule has 0 saturated carbocycles. The van der Waals surface area contributed by atoms with Crippen molar-refractivity contribution in [2.45, 2.75) is 23.5 Å². The van der Waals surface area contributed by atoms with E-state index in [1.54, 1.807) is 23.9 Å². The summed E-state index contributed by atoms with van der Waals surface area (Å²) in [6.45, 7) is 1.16. The van der Waals surface area contributed by atoms with Crippen molar-refractivity contribution in [3.63, 3.8) is 0 Å². The first-order valence-corrected chi connectivity index (χ1v) is 13.1. The van der Waals surface area contributed by atoms with Crippen molar-refractivity contribution in [3.05, 3.63) is 64.1 Å². The maximum absolute atomic E-state index is 12.9. The van der Waals surface area contributed by atoms with E-state index in [1.807, 2.05) is 30.3 Å². The largest absolute Gasteiger partial charge is 0.355 e. The molecular weight excluding hydrogens is 463 g/mol. The van der Waals surface area contributed by atoms with Crippen molar-refractivity contribution in [2.24, 2.45) is 5.92 Å². The van der Waals surface area contributed by atoms with E-state index in [2.05, 4.69) is 5.32 Å². The average molecular weight is 487 g/mol. The van der Waals surface area contributed by atoms with E-state index in [0.29, 0.717) is 41.5 Å². The number of nitrogens with zero attached hydrogens (tertiary/aromatic N) is 1. The SMILES string of the molecule is O=C(NCCSc1ccccc1)[C@H]1CCCN(S(=O)(=O)Cc2ccc(Cl)cc2Cl)C1. The van der Waals surface area contributed by atoms with Gasteiger partial charge in [-0.1, -0.05) is 47.5 Å². The summed E-state index contributed by atoms with van der Waals surface area (Å²) in [6.07, 6.45) is 1.34. The molecule has 0 radical (unpaired) electrons. The number of carbonyl (C=O) groups is 1. The molecule has 3 rings (SSSR count). The van der Waals surface area contributed by atoms with Crippen LogP contribution in [0, 0.1) is 5.92 Å². The molecule has 1 aliphatic rings. The number of amides is 1. The van der Waals surface area contributed by atoms with Gasteiger partial charge in [0.2, 0.25) is 15.9 Å². The first kappa shape index (κ1) is 23.4. The van der Waals surface area contributed by atoms with Gasteiger partial charge in [-0.05, 0) is 42.7 Å². The number of hydrogen-bond acceptors (Lipinski definition) is 4. The fraction of sp³-hybridized carbons (Fsp3) is 0.381. The quantitative estimate of drug-likeness (QED) is 0.442. The highest BCUT2D eigenvalue weighted by molar-refractivity contribution is 7.99. The molecule has 162 valence electrons. The van der Waals surface area contributed by atoms with Crippen molar-refractivity contribution >= 4 is 50.9 Å². The molecule has 0 bridgehead atoms. The third-order valence-corrected chi connectivity index (χ3v) is 8.31. The van der Waals surface area contributed by atoms with Crippen molar-refractivity contribution < 1.29 is 13.2 Å². The first-order chi connectivity index (χ1) is 14.3. The molecule has 0 spiro atoms. The lowest BCUT2D eigenvalue weighted by atomic mass is 9.99. The van der Waals surface area contributed by atoms with E-state index < -0.39 is 10.0 Å². The molecule has 2 aromatic rings. The Hall–Kier alpha value is -1.25. The van der Waals surface area contributed by atoms with Gasteiger partial charge < -0.3 is 5.32 Å². The molecule has 1 heterocycles. The second-order valence-corrected chi connectivity index (χ2v) is 11.1. The molecule has 0 aromatic heterocycles. The van der Waals surface area contributed by atoms with Crippen molar-refractivity contribution in [1.29, 1.82) is 0 Å². The van der Waals surface area contributed by atoms with Gasteiger partial charge in [-0.25, -0.2) is 12.7 Å². The van der Waals surface area contributed by atoms with Gasteiger partial charge in [0.1, 0.15) is 0 Å². The average Bonchev–Trinajstić information content (AvgIpc) is 2.74. The van der Waals surface area contributed by atoms with Crippen LogP contribution in [0.5, 0.6) is 0 Å². The molecule has 5 nitrogen and oxygen atoms in total. The minimum absolute atomic E-state index is 0.0897. The van der Waals surface area contributed by atoms with Crippen molar-refractivity contribution in [2.75, 3.05) is 25.4 Å². The molecule has 30 heavy (non-hydrogen) atoms. The lowest BCUT2D eigenvalue weighted by Crippen LogP contribution is -2.46. The van der Waals surface area contributed by atoms with Gasteiger partial charge in [0.25, 0.3) is 0 Å². The van der Waals surface area contributed by atoms with Gasteiger partial charge in [-0.2, -0.15) is 0 Å². The summed E-state index contributed by atoms with van der Waals surface area (Å²) >= 11 is 13.7. The summed E-state index contributed by atoms with van der Waals surface area (Å²) in [4.78, 5) is 13.7. The van der Waals surface area contributed by atoms with E-state index in [-0.39, 0.29) is 24.1 Å². The van der Waals surface area contributed by atoms with Crippen LogP contribution in [0.2, 0.25) is 10.0 Å². The second-order valence-electron chi connectivity index (χ2n) is 7.14. The molecular formula is C21H24Cl2N2O3S2. The third-order valence-electron chi connectivity index (χ3n) is 4.91. The zero-order chi connectivity index (χ0) is 21.6. The molecule has 0 unspecified atom stereocenters. The van der Waals surface area contributed by atoms with Crippen LogP contribution < -0.4 is 5.32 Å². The Morgan fingerprint density at radius 2 is 1.93 bits per heavy atom. The Balaban J connectivity index is 1.51. The topological polar surface area (TPSA) is 66.5 Å². The smallest absolute Gasteiger partial charge is 0.224 e. The molecule has 1 saturated heterocycles. The van der Waals surface area contributed by atoms with Gasteiger partial charge in [-0.3, -0.25) is 4.79 Å². The summed E-state index contributed by atoms with van der Waals surface area (Å²) in [5.74, 6) is 0.133. The summed E-state index contributed by atoms with van der Waals surface area (Å²) < 4.78 is 27.2. The minimum Gasteiger partial charge on any atom is -0.355 e. The number of sulfonamides is 1. The Morgan fingerprint density at radius 3 is 2.67 bits per heavy atom. The van der Waals surface area contributed by atoms with Gasteiger partial charge in [0, 0.05) is 40.3 Å². The summed E-state index contributed by atoms with van der Waals surface area (Å²) in [5.41, 5.74) is 0.505. The maximum atomic E-state index is 12.9. The molecule has 1 N–H and O–H groups in total. The number of carbonyl (C=O) groups excluding carboxylic acids is 1. The third kappa shape index (κ3) is 6.62. The highest BCUT2D eigenvalue weighted by Gasteiger charge is 2.32. The fourth-order valence-electron chi connectivity index (χ4n) is 3.34. The Labute approximate surface area is 192 Å². The van der Waals surface area contributed by atoms with Crippen molar-refractivity contribution in [1.82, 2.24) is 9.62 Å². The number of hydrogen-bond donors (Lipinski definition) is 1.